The number of amides is 2. The second kappa shape index (κ2) is 39.2. The molecule has 95 heavy (non-hydrogen) atoms. The topological polar surface area (TPSA) is 423 Å². The molecule has 3 aromatic rings. The third-order valence-electron chi connectivity index (χ3n) is 10.9. The number of carbonyl (C=O) groups excluding carboxylic acids is 10. The van der Waals surface area contributed by atoms with Crippen molar-refractivity contribution in [2.75, 3.05) is 14.2 Å². The molecule has 0 aromatic carbocycles. The van der Waals surface area contributed by atoms with Crippen molar-refractivity contribution >= 4 is 71.9 Å². The smallest absolute Gasteiger partial charge is 0.419 e. The minimum absolute atomic E-state index is 0. The summed E-state index contributed by atoms with van der Waals surface area (Å²) in [4.78, 5) is 154. The number of ether oxygens (including phenoxy) is 8. The van der Waals surface area contributed by atoms with Crippen LogP contribution in [0.25, 0.3) is 0 Å². The van der Waals surface area contributed by atoms with Crippen LogP contribution in [0, 0.1) is 17.8 Å². The van der Waals surface area contributed by atoms with Crippen molar-refractivity contribution in [2.45, 2.75) is 251 Å². The molecular weight excluding hydrogens is 1250 g/mol. The van der Waals surface area contributed by atoms with Crippen LogP contribution >= 0.6 is 0 Å². The number of imidazole rings is 3. The summed E-state index contributed by atoms with van der Waals surface area (Å²) in [6, 6.07) is -2.51. The normalized spacial score (nSPS) is 13.3. The Morgan fingerprint density at radius 1 is 0.421 bits per heavy atom. The highest BCUT2D eigenvalue weighted by atomic mass is 16.6. The Morgan fingerprint density at radius 3 is 0.895 bits per heavy atom. The average Bonchev–Trinajstić information content (AvgIpc) is 1.78. The van der Waals surface area contributed by atoms with Gasteiger partial charge in [-0.2, -0.15) is 0 Å². The maximum absolute atomic E-state index is 12.8. The second-order valence-corrected chi connectivity index (χ2v) is 27.3. The zero-order chi connectivity index (χ0) is 72.5. The summed E-state index contributed by atoms with van der Waals surface area (Å²) < 4.78 is 43.8. The number of nitrogens with one attached hydrogen (secondary N) is 2. The molecule has 0 saturated heterocycles. The number of aliphatic carboxylic acids is 2. The van der Waals surface area contributed by atoms with Gasteiger partial charge >= 0.3 is 60.1 Å². The van der Waals surface area contributed by atoms with E-state index in [0.29, 0.717) is 17.1 Å². The maximum atomic E-state index is 12.8. The fraction of sp³-hybridized carbons (Fsp3) is 0.672. The molecule has 3 rings (SSSR count). The Hall–Kier alpha value is -8.77. The molecule has 0 saturated carbocycles. The van der Waals surface area contributed by atoms with Crippen LogP contribution in [-0.4, -0.2) is 177 Å². The van der Waals surface area contributed by atoms with Crippen molar-refractivity contribution in [1.29, 1.82) is 0 Å². The van der Waals surface area contributed by atoms with Crippen LogP contribution in [0.1, 0.15) is 197 Å². The van der Waals surface area contributed by atoms with Crippen LogP contribution in [0.3, 0.4) is 0 Å². The molecule has 0 aliphatic rings. The lowest BCUT2D eigenvalue weighted by molar-refractivity contribution is -0.160. The third-order valence-corrected chi connectivity index (χ3v) is 10.9. The molecule has 0 bridgehead atoms. The summed E-state index contributed by atoms with van der Waals surface area (Å²) in [6.07, 6.45) is 5.49. The molecule has 0 spiro atoms. The van der Waals surface area contributed by atoms with E-state index in [0.717, 1.165) is 9.13 Å². The van der Waals surface area contributed by atoms with Crippen molar-refractivity contribution in [2.24, 2.45) is 23.5 Å². The molecule has 3 heterocycles. The molecule has 0 radical (unpaired) electrons. The van der Waals surface area contributed by atoms with E-state index >= 15 is 0 Å². The Kier molecular flexibility index (Phi) is 37.3. The van der Waals surface area contributed by atoms with Gasteiger partial charge < -0.3 is 64.5 Å². The highest BCUT2D eigenvalue weighted by Crippen LogP contribution is 2.21. The molecule has 3 aromatic heterocycles. The molecule has 0 fully saturated rings. The number of aromatic nitrogens is 6. The minimum atomic E-state index is -1.20. The van der Waals surface area contributed by atoms with Crippen LogP contribution in [0.4, 0.5) is 14.4 Å². The second-order valence-electron chi connectivity index (χ2n) is 27.3. The highest BCUT2D eigenvalue weighted by Gasteiger charge is 2.33. The average molecular weight is 1350 g/mol. The Balaban J connectivity index is -0.00000126. The number of hydrogen-bond acceptors (Lipinski definition) is 24. The Morgan fingerprint density at radius 2 is 0.674 bits per heavy atom. The van der Waals surface area contributed by atoms with Crippen molar-refractivity contribution in [3.05, 3.63) is 54.7 Å². The van der Waals surface area contributed by atoms with Gasteiger partial charge in [-0.15, -0.1) is 0 Å². The molecular formula is C64H107N9O22. The van der Waals surface area contributed by atoms with Gasteiger partial charge in [0.05, 0.1) is 68.3 Å². The van der Waals surface area contributed by atoms with E-state index < -0.39 is 135 Å². The monoisotopic (exact) mass is 1350 g/mol. The number of carboxylic acids is 2. The Labute approximate surface area is 557 Å². The van der Waals surface area contributed by atoms with Crippen LogP contribution < -0.4 is 16.4 Å². The number of nitrogens with zero attached hydrogens (tertiary/aromatic N) is 6. The number of carbonyl (C=O) groups is 12. The quantitative estimate of drug-likeness (QED) is 0.0532. The number of rotatable bonds is 20. The SMILES string of the molecule is C.C.CC(C)(C)OC(=O)CC(Cc1cn(C(=O)OC(C)(C)C)cn1)C(=O)O.CC(NC(=O)C(CC(=O)OC(C)(C)C)Cc1cn(C(=O)OC(C)(C)C)cn1)C(=O)O.COC(=O)C(C)N.COC(=O)C(C)NC(=O)C(CC(=O)OC(C)(C)C)Cc1cn(C(=O)OC(C)(C)C)cn1. The minimum Gasteiger partial charge on any atom is -0.481 e. The van der Waals surface area contributed by atoms with Crippen LogP contribution in [-0.2, 0) is 100 Å². The van der Waals surface area contributed by atoms with Gasteiger partial charge in [0, 0.05) is 37.9 Å². The largest absolute Gasteiger partial charge is 0.481 e. The first-order chi connectivity index (χ1) is 42.1. The number of carboxylic acid groups (broad SMARTS) is 2. The van der Waals surface area contributed by atoms with Crippen LogP contribution in [0.2, 0.25) is 0 Å². The van der Waals surface area contributed by atoms with E-state index in [1.807, 2.05) is 0 Å². The standard InChI is InChI=1S/C21H33N3O7.C20H31N3O7.C17H26N2O6.C4H9NO2.2CH4/c1-13(18(27)29-8)23-17(26)14(10-16(25)30-20(2,3)4)9-15-11-24(12-22-15)19(28)31-21(5,6)7;1-12(17(26)27)22-16(25)13(9-15(24)29-19(2,3)4)8-14-10-23(11-21-14)18(28)30-20(5,6)7;1-16(2,3)24-13(20)8-11(14(21)22)7-12-9-19(10-18-12)15(23)25-17(4,5)6;1-3(5)4(6)7-2;;/h11-14H,9-10H2,1-8H3,(H,23,26);10-13H,8-9H2,1-7H3,(H,22,25)(H,26,27);9-11H,7-8H2,1-6H3,(H,21,22);3H,5H2,1-2H3;2*1H4. The van der Waals surface area contributed by atoms with Gasteiger partial charge in [0.15, 0.2) is 0 Å². The molecule has 2 amide bonds. The predicted molar refractivity (Wildman–Crippen MR) is 346 cm³/mol. The first-order valence-corrected chi connectivity index (χ1v) is 29.5. The first-order valence-electron chi connectivity index (χ1n) is 29.5. The van der Waals surface area contributed by atoms with Crippen molar-refractivity contribution in [3.63, 3.8) is 0 Å². The molecule has 6 unspecified atom stereocenters. The molecule has 0 aliphatic carbocycles. The zero-order valence-corrected chi connectivity index (χ0v) is 58.0. The van der Waals surface area contributed by atoms with E-state index in [-0.39, 0.29) is 59.3 Å². The van der Waals surface area contributed by atoms with E-state index in [4.69, 9.17) is 39.3 Å². The van der Waals surface area contributed by atoms with Gasteiger partial charge in [-0.05, 0) is 145 Å². The van der Waals surface area contributed by atoms with Gasteiger partial charge in [0.2, 0.25) is 11.8 Å². The summed E-state index contributed by atoms with van der Waals surface area (Å²) in [5.41, 5.74) is 2.08. The first kappa shape index (κ1) is 90.4. The fourth-order valence-corrected chi connectivity index (χ4v) is 7.07. The van der Waals surface area contributed by atoms with Gasteiger partial charge in [-0.3, -0.25) is 38.4 Å². The summed E-state index contributed by atoms with van der Waals surface area (Å²) in [5.74, 6) is -9.01. The van der Waals surface area contributed by atoms with Crippen molar-refractivity contribution < 1.29 is 106 Å². The van der Waals surface area contributed by atoms with Crippen molar-refractivity contribution in [3.8, 4) is 0 Å². The zero-order valence-electron chi connectivity index (χ0n) is 58.0. The van der Waals surface area contributed by atoms with E-state index in [1.54, 1.807) is 132 Å². The fourth-order valence-electron chi connectivity index (χ4n) is 7.07. The van der Waals surface area contributed by atoms with Gasteiger partial charge in [-0.25, -0.2) is 47.8 Å². The number of methoxy groups -OCH3 is 2. The summed E-state index contributed by atoms with van der Waals surface area (Å²) in [5, 5.41) is 23.2. The van der Waals surface area contributed by atoms with Gasteiger partial charge in [0.25, 0.3) is 0 Å². The van der Waals surface area contributed by atoms with E-state index in [9.17, 15) is 62.6 Å². The predicted octanol–water partition coefficient (Wildman–Crippen LogP) is 7.80. The number of nitrogens with two attached hydrogens (primary N) is 1. The van der Waals surface area contributed by atoms with E-state index in [2.05, 4.69) is 35.1 Å². The third kappa shape index (κ3) is 40.8. The summed E-state index contributed by atoms with van der Waals surface area (Å²) in [7, 11) is 2.53. The summed E-state index contributed by atoms with van der Waals surface area (Å²) >= 11 is 0. The lowest BCUT2D eigenvalue weighted by Crippen LogP contribution is -2.43. The molecule has 540 valence electrons. The Bertz CT molecular complexity index is 3010. The number of esters is 5. The van der Waals surface area contributed by atoms with Gasteiger partial charge in [0.1, 0.15) is 70.7 Å². The lowest BCUT2D eigenvalue weighted by atomic mass is 9.98. The van der Waals surface area contributed by atoms with Gasteiger partial charge in [-0.1, -0.05) is 14.9 Å². The summed E-state index contributed by atoms with van der Waals surface area (Å²) in [6.45, 7) is 35.4. The molecule has 6 atom stereocenters. The van der Waals surface area contributed by atoms with Crippen LogP contribution in [0.15, 0.2) is 37.6 Å². The van der Waals surface area contributed by atoms with E-state index in [1.165, 1.54) is 70.2 Å². The number of hydrogen-bond donors (Lipinski definition) is 5. The molecule has 0 aliphatic heterocycles. The molecule has 6 N–H and O–H groups in total. The van der Waals surface area contributed by atoms with Crippen molar-refractivity contribution in [1.82, 2.24) is 39.3 Å². The highest BCUT2D eigenvalue weighted by molar-refractivity contribution is 5.89. The van der Waals surface area contributed by atoms with Crippen LogP contribution in [0.5, 0.6) is 0 Å². The molecule has 31 heteroatoms. The lowest BCUT2D eigenvalue weighted by Gasteiger charge is -2.22. The maximum Gasteiger partial charge on any atom is 0.419 e. The molecule has 31 nitrogen and oxygen atoms in total.